The van der Waals surface area contributed by atoms with E-state index >= 15 is 0 Å². The maximum absolute atomic E-state index is 4.33. The average Bonchev–Trinajstić information content (AvgIpc) is 2.54. The van der Waals surface area contributed by atoms with Gasteiger partial charge in [-0.05, 0) is 23.8 Å². The highest BCUT2D eigenvalue weighted by molar-refractivity contribution is 7.98. The smallest absolute Gasteiger partial charge is 0.0714 e. The maximum Gasteiger partial charge on any atom is 0.0714 e. The van der Waals surface area contributed by atoms with E-state index in [1.807, 2.05) is 30.6 Å². The Labute approximate surface area is 91.9 Å². The van der Waals surface area contributed by atoms with Gasteiger partial charge in [-0.15, -0.1) is 0 Å². The summed E-state index contributed by atoms with van der Waals surface area (Å²) in [6.07, 6.45) is 7.66. The van der Waals surface area contributed by atoms with E-state index in [0.717, 1.165) is 5.52 Å². The molecule has 15 heavy (non-hydrogen) atoms. The van der Waals surface area contributed by atoms with Crippen molar-refractivity contribution in [3.05, 3.63) is 42.1 Å². The predicted octanol–water partition coefficient (Wildman–Crippen LogP) is 3.34. The molecule has 2 aromatic rings. The predicted molar refractivity (Wildman–Crippen MR) is 65.1 cm³/mol. The summed E-state index contributed by atoms with van der Waals surface area (Å²) in [5.41, 5.74) is 2.23. The summed E-state index contributed by atoms with van der Waals surface area (Å²) in [7, 11) is 0. The molecule has 0 spiro atoms. The summed E-state index contributed by atoms with van der Waals surface area (Å²) < 4.78 is 4.24. The van der Waals surface area contributed by atoms with E-state index in [9.17, 15) is 0 Å². The number of aromatic nitrogens is 1. The van der Waals surface area contributed by atoms with Crippen LogP contribution in [0, 0.1) is 0 Å². The van der Waals surface area contributed by atoms with Gasteiger partial charge in [-0.3, -0.25) is 4.98 Å². The molecular weight excluding hydrogens is 204 g/mol. The number of rotatable bonds is 0. The van der Waals surface area contributed by atoms with Crippen LogP contribution in [0.5, 0.6) is 0 Å². The van der Waals surface area contributed by atoms with Crippen molar-refractivity contribution in [3.8, 4) is 0 Å². The molecule has 0 unspecified atom stereocenters. The van der Waals surface area contributed by atoms with E-state index in [-0.39, 0.29) is 0 Å². The molecule has 72 valence electrons. The zero-order chi connectivity index (χ0) is 10.1. The first-order valence-electron chi connectivity index (χ1n) is 4.70. The zero-order valence-electron chi connectivity index (χ0n) is 7.92. The quantitative estimate of drug-likeness (QED) is 0.626. The third kappa shape index (κ3) is 1.45. The Morgan fingerprint density at radius 2 is 2.13 bits per heavy atom. The van der Waals surface area contributed by atoms with E-state index in [2.05, 4.69) is 27.6 Å². The largest absolute Gasteiger partial charge is 0.256 e. The fourth-order valence-electron chi connectivity index (χ4n) is 1.64. The third-order valence-electron chi connectivity index (χ3n) is 2.33. The standard InChI is InChI=1S/C12H8N2S/c1-3-9-5-6-11-10(4-2-7-13-11)12(9)15-14-8-1/h1-8H. The van der Waals surface area contributed by atoms with Gasteiger partial charge < -0.3 is 0 Å². The van der Waals surface area contributed by atoms with Gasteiger partial charge >= 0.3 is 0 Å². The Kier molecular flexibility index (Phi) is 2.03. The number of benzene rings is 1. The lowest BCUT2D eigenvalue weighted by molar-refractivity contribution is 1.37. The van der Waals surface area contributed by atoms with Crippen LogP contribution in [-0.2, 0) is 0 Å². The molecule has 0 atom stereocenters. The first kappa shape index (κ1) is 8.68. The lowest BCUT2D eigenvalue weighted by Crippen LogP contribution is -1.83. The first-order valence-corrected chi connectivity index (χ1v) is 5.47. The normalized spacial score (nSPS) is 13.9. The summed E-state index contributed by atoms with van der Waals surface area (Å²) in [6, 6.07) is 8.18. The molecule has 2 nitrogen and oxygen atoms in total. The van der Waals surface area contributed by atoms with Crippen LogP contribution in [0.15, 0.2) is 45.8 Å². The van der Waals surface area contributed by atoms with Gasteiger partial charge in [-0.1, -0.05) is 18.2 Å². The van der Waals surface area contributed by atoms with Gasteiger partial charge in [0.05, 0.1) is 5.52 Å². The molecule has 3 heteroatoms. The summed E-state index contributed by atoms with van der Waals surface area (Å²) in [5.74, 6) is 0. The average molecular weight is 212 g/mol. The fourth-order valence-corrected chi connectivity index (χ4v) is 2.39. The molecule has 2 heterocycles. The second-order valence-corrected chi connectivity index (χ2v) is 4.06. The second kappa shape index (κ2) is 3.51. The van der Waals surface area contributed by atoms with E-state index in [1.54, 1.807) is 0 Å². The van der Waals surface area contributed by atoms with Crippen molar-refractivity contribution in [2.75, 3.05) is 0 Å². The van der Waals surface area contributed by atoms with Crippen LogP contribution in [-0.4, -0.2) is 11.2 Å². The fraction of sp³-hybridized carbons (Fsp3) is 0. The summed E-state index contributed by atoms with van der Waals surface area (Å²) in [4.78, 5) is 5.52. The molecule has 1 aromatic heterocycles. The number of hydrogen-bond acceptors (Lipinski definition) is 3. The minimum Gasteiger partial charge on any atom is -0.256 e. The van der Waals surface area contributed by atoms with Gasteiger partial charge in [0.2, 0.25) is 0 Å². The minimum absolute atomic E-state index is 1.02. The molecule has 1 aromatic carbocycles. The SMILES string of the molecule is C1=Cc2ccc3ncccc3c2SN=C1. The van der Waals surface area contributed by atoms with Crippen molar-refractivity contribution in [1.82, 2.24) is 4.98 Å². The summed E-state index contributed by atoms with van der Waals surface area (Å²) in [6.45, 7) is 0. The van der Waals surface area contributed by atoms with Crippen molar-refractivity contribution in [1.29, 1.82) is 0 Å². The topological polar surface area (TPSA) is 25.2 Å². The van der Waals surface area contributed by atoms with Crippen LogP contribution >= 0.6 is 11.9 Å². The van der Waals surface area contributed by atoms with Crippen molar-refractivity contribution in [3.63, 3.8) is 0 Å². The molecule has 0 radical (unpaired) electrons. The first-order chi connectivity index (χ1) is 7.45. The molecule has 0 bridgehead atoms. The van der Waals surface area contributed by atoms with E-state index in [1.165, 1.54) is 27.8 Å². The highest BCUT2D eigenvalue weighted by Gasteiger charge is 2.07. The zero-order valence-corrected chi connectivity index (χ0v) is 8.74. The van der Waals surface area contributed by atoms with E-state index in [0.29, 0.717) is 0 Å². The van der Waals surface area contributed by atoms with Gasteiger partial charge in [-0.25, -0.2) is 4.40 Å². The maximum atomic E-state index is 4.33. The lowest BCUT2D eigenvalue weighted by atomic mass is 10.1. The number of hydrogen-bond donors (Lipinski definition) is 0. The molecule has 0 saturated carbocycles. The van der Waals surface area contributed by atoms with Crippen LogP contribution < -0.4 is 0 Å². The molecule has 0 amide bonds. The highest BCUT2D eigenvalue weighted by atomic mass is 32.2. The van der Waals surface area contributed by atoms with Crippen molar-refractivity contribution < 1.29 is 0 Å². The van der Waals surface area contributed by atoms with Gasteiger partial charge in [0.15, 0.2) is 0 Å². The number of nitrogens with zero attached hydrogens (tertiary/aromatic N) is 2. The molecule has 0 N–H and O–H groups in total. The van der Waals surface area contributed by atoms with Gasteiger partial charge in [0.1, 0.15) is 0 Å². The summed E-state index contributed by atoms with van der Waals surface area (Å²) in [5, 5.41) is 1.17. The molecule has 1 aliphatic heterocycles. The molecule has 0 aliphatic carbocycles. The number of fused-ring (bicyclic) bond motifs is 3. The number of pyridine rings is 1. The molecule has 0 fully saturated rings. The molecule has 1 aliphatic rings. The van der Waals surface area contributed by atoms with E-state index < -0.39 is 0 Å². The Morgan fingerprint density at radius 1 is 1.13 bits per heavy atom. The third-order valence-corrected chi connectivity index (χ3v) is 3.20. The van der Waals surface area contributed by atoms with Gasteiger partial charge in [0, 0.05) is 34.6 Å². The van der Waals surface area contributed by atoms with Crippen molar-refractivity contribution in [2.24, 2.45) is 4.40 Å². The number of allylic oxidation sites excluding steroid dienone is 1. The minimum atomic E-state index is 1.02. The van der Waals surface area contributed by atoms with Crippen molar-refractivity contribution in [2.45, 2.75) is 4.90 Å². The van der Waals surface area contributed by atoms with Crippen molar-refractivity contribution >= 4 is 35.1 Å². The van der Waals surface area contributed by atoms with Crippen LogP contribution in [0.4, 0.5) is 0 Å². The molecule has 3 rings (SSSR count). The Hall–Kier alpha value is -1.61. The second-order valence-electron chi connectivity index (χ2n) is 3.26. The Balaban J connectivity index is 2.38. The Bertz CT molecular complexity index is 573. The lowest BCUT2D eigenvalue weighted by Gasteiger charge is -2.05. The van der Waals surface area contributed by atoms with Crippen LogP contribution in [0.2, 0.25) is 0 Å². The van der Waals surface area contributed by atoms with Crippen LogP contribution in [0.25, 0.3) is 17.0 Å². The summed E-state index contributed by atoms with van der Waals surface area (Å²) >= 11 is 1.51. The molecule has 0 saturated heterocycles. The Morgan fingerprint density at radius 3 is 3.13 bits per heavy atom. The van der Waals surface area contributed by atoms with Crippen LogP contribution in [0.3, 0.4) is 0 Å². The monoisotopic (exact) mass is 212 g/mol. The van der Waals surface area contributed by atoms with E-state index in [4.69, 9.17) is 0 Å². The molecular formula is C12H8N2S. The van der Waals surface area contributed by atoms with Crippen LogP contribution in [0.1, 0.15) is 5.56 Å². The highest BCUT2D eigenvalue weighted by Crippen LogP contribution is 2.33. The van der Waals surface area contributed by atoms with Gasteiger partial charge in [-0.2, -0.15) is 0 Å². The van der Waals surface area contributed by atoms with Gasteiger partial charge in [0.25, 0.3) is 0 Å².